The van der Waals surface area contributed by atoms with E-state index in [1.54, 1.807) is 12.1 Å². The number of rotatable bonds is 2. The quantitative estimate of drug-likeness (QED) is 0.899. The van der Waals surface area contributed by atoms with Crippen molar-refractivity contribution >= 4 is 11.9 Å². The average molecular weight is 273 g/mol. The molecule has 1 fully saturated rings. The second kappa shape index (κ2) is 4.33. The molecule has 3 rings (SSSR count). The number of aromatic carboxylic acids is 1. The van der Waals surface area contributed by atoms with Crippen LogP contribution in [0.2, 0.25) is 0 Å². The summed E-state index contributed by atoms with van der Waals surface area (Å²) in [6.07, 6.45) is 1.60. The molecule has 106 valence electrons. The number of hydrogen-bond acceptors (Lipinski definition) is 2. The number of fused-ring (bicyclic) bond motifs is 1. The molecule has 4 heteroatoms. The number of hydrogen-bond donors (Lipinski definition) is 1. The van der Waals surface area contributed by atoms with E-state index in [1.165, 1.54) is 0 Å². The van der Waals surface area contributed by atoms with Gasteiger partial charge in [0.2, 0.25) is 5.91 Å². The van der Waals surface area contributed by atoms with Crippen molar-refractivity contribution in [3.05, 3.63) is 34.9 Å². The first-order valence-corrected chi connectivity index (χ1v) is 7.03. The summed E-state index contributed by atoms with van der Waals surface area (Å²) in [7, 11) is 0. The van der Waals surface area contributed by atoms with Crippen LogP contribution in [-0.4, -0.2) is 28.4 Å². The molecule has 1 saturated carbocycles. The number of amides is 1. The van der Waals surface area contributed by atoms with Gasteiger partial charge in [-0.1, -0.05) is 26.0 Å². The minimum absolute atomic E-state index is 0.139. The molecular formula is C16H19NO3. The third-order valence-corrected chi connectivity index (χ3v) is 4.62. The number of nitrogens with zero attached hydrogens (tertiary/aromatic N) is 1. The minimum atomic E-state index is -0.884. The largest absolute Gasteiger partial charge is 0.478 e. The van der Waals surface area contributed by atoms with Gasteiger partial charge in [0, 0.05) is 19.0 Å². The molecule has 1 amide bonds. The highest BCUT2D eigenvalue weighted by atomic mass is 16.4. The van der Waals surface area contributed by atoms with E-state index in [-0.39, 0.29) is 17.2 Å². The average Bonchev–Trinajstić information content (AvgIpc) is 3.05. The Hall–Kier alpha value is -1.84. The number of carboxylic acids is 1. The van der Waals surface area contributed by atoms with Crippen molar-refractivity contribution in [2.24, 2.45) is 11.3 Å². The van der Waals surface area contributed by atoms with Crippen molar-refractivity contribution in [2.45, 2.75) is 33.2 Å². The lowest BCUT2D eigenvalue weighted by atomic mass is 9.94. The van der Waals surface area contributed by atoms with E-state index < -0.39 is 5.97 Å². The van der Waals surface area contributed by atoms with Gasteiger partial charge in [-0.25, -0.2) is 4.79 Å². The lowest BCUT2D eigenvalue weighted by molar-refractivity contribution is -0.134. The third-order valence-electron chi connectivity index (χ3n) is 4.62. The summed E-state index contributed by atoms with van der Waals surface area (Å²) in [5.41, 5.74) is 2.38. The Morgan fingerprint density at radius 3 is 2.65 bits per heavy atom. The van der Waals surface area contributed by atoms with Crippen molar-refractivity contribution in [2.75, 3.05) is 6.54 Å². The van der Waals surface area contributed by atoms with Gasteiger partial charge in [-0.15, -0.1) is 0 Å². The van der Waals surface area contributed by atoms with Crippen LogP contribution in [0.15, 0.2) is 18.2 Å². The Bertz CT molecular complexity index is 591. The SMILES string of the molecule is CC1(C)CC1C(=O)N1CCc2c(cccc2C(=O)O)C1. The predicted octanol–water partition coefficient (Wildman–Crippen LogP) is 2.32. The van der Waals surface area contributed by atoms with Crippen LogP contribution in [0.5, 0.6) is 0 Å². The van der Waals surface area contributed by atoms with Gasteiger partial charge >= 0.3 is 5.97 Å². The van der Waals surface area contributed by atoms with Crippen LogP contribution in [0.25, 0.3) is 0 Å². The molecule has 1 aromatic rings. The minimum Gasteiger partial charge on any atom is -0.478 e. The molecule has 0 saturated heterocycles. The first-order valence-electron chi connectivity index (χ1n) is 7.03. The fraction of sp³-hybridized carbons (Fsp3) is 0.500. The van der Waals surface area contributed by atoms with Crippen molar-refractivity contribution in [1.29, 1.82) is 0 Å². The van der Waals surface area contributed by atoms with Gasteiger partial charge in [-0.05, 0) is 35.4 Å². The van der Waals surface area contributed by atoms with E-state index in [2.05, 4.69) is 13.8 Å². The third kappa shape index (κ3) is 2.09. The van der Waals surface area contributed by atoms with Crippen LogP contribution in [0.3, 0.4) is 0 Å². The van der Waals surface area contributed by atoms with Crippen molar-refractivity contribution in [3.63, 3.8) is 0 Å². The summed E-state index contributed by atoms with van der Waals surface area (Å²) in [6.45, 7) is 5.41. The topological polar surface area (TPSA) is 57.6 Å². The smallest absolute Gasteiger partial charge is 0.335 e. The maximum Gasteiger partial charge on any atom is 0.335 e. The fourth-order valence-electron chi connectivity index (χ4n) is 3.11. The van der Waals surface area contributed by atoms with E-state index in [9.17, 15) is 14.7 Å². The predicted molar refractivity (Wildman–Crippen MR) is 74.4 cm³/mol. The van der Waals surface area contributed by atoms with E-state index in [0.717, 1.165) is 17.5 Å². The van der Waals surface area contributed by atoms with E-state index >= 15 is 0 Å². The fourth-order valence-corrected chi connectivity index (χ4v) is 3.11. The van der Waals surface area contributed by atoms with Gasteiger partial charge in [0.15, 0.2) is 0 Å². The summed E-state index contributed by atoms with van der Waals surface area (Å²) in [5, 5.41) is 9.20. The summed E-state index contributed by atoms with van der Waals surface area (Å²) < 4.78 is 0. The van der Waals surface area contributed by atoms with Crippen molar-refractivity contribution < 1.29 is 14.7 Å². The molecule has 1 aliphatic heterocycles. The zero-order valence-electron chi connectivity index (χ0n) is 11.8. The zero-order chi connectivity index (χ0) is 14.5. The van der Waals surface area contributed by atoms with Crippen LogP contribution in [0, 0.1) is 11.3 Å². The maximum atomic E-state index is 12.4. The number of carbonyl (C=O) groups is 2. The molecule has 2 aliphatic rings. The number of carbonyl (C=O) groups excluding carboxylic acids is 1. The first kappa shape index (κ1) is 13.2. The van der Waals surface area contributed by atoms with Gasteiger partial charge in [0.05, 0.1) is 5.56 Å². The Labute approximate surface area is 118 Å². The van der Waals surface area contributed by atoms with Crippen LogP contribution < -0.4 is 0 Å². The molecule has 1 atom stereocenters. The molecule has 0 spiro atoms. The van der Waals surface area contributed by atoms with Gasteiger partial charge < -0.3 is 10.0 Å². The molecule has 0 aromatic heterocycles. The number of carboxylic acid groups (broad SMARTS) is 1. The number of benzene rings is 1. The lowest BCUT2D eigenvalue weighted by Gasteiger charge is -2.30. The van der Waals surface area contributed by atoms with Crippen LogP contribution in [0.4, 0.5) is 0 Å². The summed E-state index contributed by atoms with van der Waals surface area (Å²) >= 11 is 0. The molecule has 1 N–H and O–H groups in total. The van der Waals surface area contributed by atoms with Gasteiger partial charge in [-0.2, -0.15) is 0 Å². The van der Waals surface area contributed by atoms with Crippen LogP contribution in [0.1, 0.15) is 41.8 Å². The van der Waals surface area contributed by atoms with Crippen LogP contribution in [-0.2, 0) is 17.8 Å². The van der Waals surface area contributed by atoms with Crippen molar-refractivity contribution in [1.82, 2.24) is 4.90 Å². The second-order valence-electron chi connectivity index (χ2n) is 6.50. The van der Waals surface area contributed by atoms with E-state index in [0.29, 0.717) is 25.1 Å². The highest BCUT2D eigenvalue weighted by Crippen LogP contribution is 2.52. The van der Waals surface area contributed by atoms with Crippen molar-refractivity contribution in [3.8, 4) is 0 Å². The Morgan fingerprint density at radius 2 is 2.05 bits per heavy atom. The summed E-state index contributed by atoms with van der Waals surface area (Å²) in [4.78, 5) is 25.5. The van der Waals surface area contributed by atoms with Crippen LogP contribution >= 0.6 is 0 Å². The molecule has 0 radical (unpaired) electrons. The van der Waals surface area contributed by atoms with Gasteiger partial charge in [0.1, 0.15) is 0 Å². The molecule has 1 heterocycles. The first-order chi connectivity index (χ1) is 9.40. The molecule has 4 nitrogen and oxygen atoms in total. The van der Waals surface area contributed by atoms with E-state index in [1.807, 2.05) is 11.0 Å². The lowest BCUT2D eigenvalue weighted by Crippen LogP contribution is -2.38. The Kier molecular flexibility index (Phi) is 2.85. The molecule has 1 unspecified atom stereocenters. The van der Waals surface area contributed by atoms with Gasteiger partial charge in [0.25, 0.3) is 0 Å². The molecule has 20 heavy (non-hydrogen) atoms. The van der Waals surface area contributed by atoms with Gasteiger partial charge in [-0.3, -0.25) is 4.79 Å². The molecule has 1 aliphatic carbocycles. The summed E-state index contributed by atoms with van der Waals surface area (Å²) in [5.74, 6) is -0.516. The molecular weight excluding hydrogens is 254 g/mol. The maximum absolute atomic E-state index is 12.4. The summed E-state index contributed by atoms with van der Waals surface area (Å²) in [6, 6.07) is 5.33. The second-order valence-corrected chi connectivity index (χ2v) is 6.50. The monoisotopic (exact) mass is 273 g/mol. The standard InChI is InChI=1S/C16H19NO3/c1-16(2)8-13(16)14(18)17-7-6-11-10(9-17)4-3-5-12(11)15(19)20/h3-5,13H,6-9H2,1-2H3,(H,19,20). The normalized spacial score (nSPS) is 23.1. The zero-order valence-corrected chi connectivity index (χ0v) is 11.8. The molecule has 0 bridgehead atoms. The highest BCUT2D eigenvalue weighted by Gasteiger charge is 2.52. The van der Waals surface area contributed by atoms with E-state index in [4.69, 9.17) is 0 Å². The Balaban J connectivity index is 1.81. The molecule has 1 aromatic carbocycles. The Morgan fingerprint density at radius 1 is 1.35 bits per heavy atom. The highest BCUT2D eigenvalue weighted by molar-refractivity contribution is 5.90.